The molecule has 4 aromatic rings. The highest BCUT2D eigenvalue weighted by atomic mass is 16.3. The van der Waals surface area contributed by atoms with Crippen LogP contribution < -0.4 is 10.9 Å². The molecule has 1 amide bonds. The minimum absolute atomic E-state index is 0.0695. The van der Waals surface area contributed by atoms with E-state index in [9.17, 15) is 9.59 Å². The van der Waals surface area contributed by atoms with Gasteiger partial charge in [-0.15, -0.1) is 0 Å². The number of amides is 1. The number of nitrogens with zero attached hydrogens (tertiary/aromatic N) is 2. The standard InChI is InChI=1S/C24H22N4O3/c1-13-25-19-7-6-14(8-20(19)31-13)22(29)26-16-11-24(12-16)9-15(10-24)21-17-4-2-3-5-18(17)23(30)28-27-21/h2-8,15-16H,9-12H2,1H3,(H,26,29)(H,28,30)/t15-,16-,24?. The number of hydrogen-bond donors (Lipinski definition) is 2. The number of oxazole rings is 1. The van der Waals surface area contributed by atoms with E-state index in [1.165, 1.54) is 0 Å². The minimum Gasteiger partial charge on any atom is -0.441 e. The SMILES string of the molecule is Cc1nc2ccc(C(=O)N[C@H]3CC4(C3)C[C@H](c3n[nH]c(=O)c5ccccc53)C4)cc2o1. The topological polar surface area (TPSA) is 101 Å². The van der Waals surface area contributed by atoms with Crippen LogP contribution in [0.5, 0.6) is 0 Å². The number of benzene rings is 2. The van der Waals surface area contributed by atoms with Gasteiger partial charge >= 0.3 is 0 Å². The van der Waals surface area contributed by atoms with Crippen molar-refractivity contribution in [3.05, 3.63) is 70.0 Å². The summed E-state index contributed by atoms with van der Waals surface area (Å²) in [6.07, 6.45) is 4.07. The van der Waals surface area contributed by atoms with E-state index in [4.69, 9.17) is 4.42 Å². The summed E-state index contributed by atoms with van der Waals surface area (Å²) in [5.41, 5.74) is 3.13. The third-order valence-electron chi connectivity index (χ3n) is 6.92. The number of fused-ring (bicyclic) bond motifs is 2. The van der Waals surface area contributed by atoms with Crippen LogP contribution in [0, 0.1) is 12.3 Å². The Morgan fingerprint density at radius 3 is 2.71 bits per heavy atom. The maximum absolute atomic E-state index is 12.7. The molecule has 6 rings (SSSR count). The van der Waals surface area contributed by atoms with Gasteiger partial charge in [0.2, 0.25) is 0 Å². The average molecular weight is 414 g/mol. The molecule has 2 heterocycles. The monoisotopic (exact) mass is 414 g/mol. The van der Waals surface area contributed by atoms with E-state index in [0.29, 0.717) is 28.3 Å². The Morgan fingerprint density at radius 1 is 1.13 bits per heavy atom. The second kappa shape index (κ2) is 6.51. The van der Waals surface area contributed by atoms with Crippen LogP contribution in [0.25, 0.3) is 21.9 Å². The highest BCUT2D eigenvalue weighted by Gasteiger charge is 2.54. The lowest BCUT2D eigenvalue weighted by Crippen LogP contribution is -2.55. The molecule has 1 spiro atoms. The number of carbonyl (C=O) groups is 1. The molecule has 0 atom stereocenters. The Bertz CT molecular complexity index is 1390. The Morgan fingerprint density at radius 2 is 1.90 bits per heavy atom. The molecule has 2 N–H and O–H groups in total. The molecule has 7 heteroatoms. The predicted molar refractivity (Wildman–Crippen MR) is 116 cm³/mol. The van der Waals surface area contributed by atoms with Crippen LogP contribution in [-0.4, -0.2) is 27.1 Å². The van der Waals surface area contributed by atoms with Crippen molar-refractivity contribution < 1.29 is 9.21 Å². The van der Waals surface area contributed by atoms with E-state index < -0.39 is 0 Å². The summed E-state index contributed by atoms with van der Waals surface area (Å²) in [6, 6.07) is 13.2. The fourth-order valence-electron chi connectivity index (χ4n) is 5.50. The highest BCUT2D eigenvalue weighted by molar-refractivity contribution is 5.97. The molecule has 0 saturated heterocycles. The van der Waals surface area contributed by atoms with Gasteiger partial charge in [0, 0.05) is 29.8 Å². The zero-order valence-corrected chi connectivity index (χ0v) is 17.1. The predicted octanol–water partition coefficient (Wildman–Crippen LogP) is 3.83. The molecule has 2 aliphatic rings. The van der Waals surface area contributed by atoms with Crippen LogP contribution >= 0.6 is 0 Å². The number of rotatable bonds is 3. The highest BCUT2D eigenvalue weighted by Crippen LogP contribution is 2.62. The molecule has 2 fully saturated rings. The Hall–Kier alpha value is -3.48. The molecule has 2 aromatic carbocycles. The summed E-state index contributed by atoms with van der Waals surface area (Å²) in [7, 11) is 0. The molecule has 7 nitrogen and oxygen atoms in total. The van der Waals surface area contributed by atoms with Gasteiger partial charge in [0.15, 0.2) is 11.5 Å². The van der Waals surface area contributed by atoms with E-state index in [1.54, 1.807) is 19.1 Å². The summed E-state index contributed by atoms with van der Waals surface area (Å²) in [5.74, 6) is 0.883. The van der Waals surface area contributed by atoms with E-state index >= 15 is 0 Å². The van der Waals surface area contributed by atoms with Gasteiger partial charge in [-0.2, -0.15) is 5.10 Å². The molecule has 2 aromatic heterocycles. The molecular weight excluding hydrogens is 392 g/mol. The molecule has 31 heavy (non-hydrogen) atoms. The third-order valence-corrected chi connectivity index (χ3v) is 6.92. The quantitative estimate of drug-likeness (QED) is 0.531. The number of aryl methyl sites for hydroxylation is 1. The van der Waals surface area contributed by atoms with Gasteiger partial charge in [0.1, 0.15) is 5.52 Å². The smallest absolute Gasteiger partial charge is 0.272 e. The van der Waals surface area contributed by atoms with Crippen molar-refractivity contribution in [3.8, 4) is 0 Å². The maximum atomic E-state index is 12.7. The zero-order chi connectivity index (χ0) is 21.2. The average Bonchev–Trinajstić information content (AvgIpc) is 3.09. The van der Waals surface area contributed by atoms with Crippen LogP contribution in [0.15, 0.2) is 51.7 Å². The summed E-state index contributed by atoms with van der Waals surface area (Å²) in [6.45, 7) is 1.80. The zero-order valence-electron chi connectivity index (χ0n) is 17.1. The summed E-state index contributed by atoms with van der Waals surface area (Å²) >= 11 is 0. The number of hydrogen-bond acceptors (Lipinski definition) is 5. The van der Waals surface area contributed by atoms with Crippen LogP contribution in [-0.2, 0) is 0 Å². The van der Waals surface area contributed by atoms with Crippen LogP contribution in [0.1, 0.15) is 53.5 Å². The van der Waals surface area contributed by atoms with E-state index in [2.05, 4.69) is 20.5 Å². The van der Waals surface area contributed by atoms with Gasteiger partial charge in [0.05, 0.1) is 11.1 Å². The molecular formula is C24H22N4O3. The van der Waals surface area contributed by atoms with Crippen molar-refractivity contribution in [2.75, 3.05) is 0 Å². The van der Waals surface area contributed by atoms with Crippen molar-refractivity contribution >= 4 is 27.8 Å². The van der Waals surface area contributed by atoms with E-state index in [1.807, 2.05) is 30.3 Å². The van der Waals surface area contributed by atoms with Crippen LogP contribution in [0.2, 0.25) is 0 Å². The number of aromatic nitrogens is 3. The van der Waals surface area contributed by atoms with Crippen molar-refractivity contribution in [3.63, 3.8) is 0 Å². The fraction of sp³-hybridized carbons (Fsp3) is 0.333. The van der Waals surface area contributed by atoms with Crippen LogP contribution in [0.4, 0.5) is 0 Å². The molecule has 2 saturated carbocycles. The van der Waals surface area contributed by atoms with Gasteiger partial charge in [-0.1, -0.05) is 18.2 Å². The van der Waals surface area contributed by atoms with Crippen molar-refractivity contribution in [2.45, 2.75) is 44.6 Å². The summed E-state index contributed by atoms with van der Waals surface area (Å²) in [4.78, 5) is 29.0. The number of carbonyl (C=O) groups excluding carboxylic acids is 1. The van der Waals surface area contributed by atoms with Gasteiger partial charge in [-0.05, 0) is 55.4 Å². The fourth-order valence-corrected chi connectivity index (χ4v) is 5.50. The first kappa shape index (κ1) is 18.3. The van der Waals surface area contributed by atoms with Crippen LogP contribution in [0.3, 0.4) is 0 Å². The van der Waals surface area contributed by atoms with E-state index in [-0.39, 0.29) is 22.9 Å². The minimum atomic E-state index is -0.140. The van der Waals surface area contributed by atoms with Gasteiger partial charge in [0.25, 0.3) is 11.5 Å². The molecule has 0 unspecified atom stereocenters. The van der Waals surface area contributed by atoms with E-state index in [0.717, 1.165) is 42.3 Å². The lowest BCUT2D eigenvalue weighted by molar-refractivity contribution is -0.0196. The Labute approximate surface area is 177 Å². The Balaban J connectivity index is 1.10. The molecule has 0 bridgehead atoms. The normalized spacial score (nSPS) is 24.8. The third kappa shape index (κ3) is 2.95. The second-order valence-electron chi connectivity index (χ2n) is 9.08. The lowest BCUT2D eigenvalue weighted by atomic mass is 9.49. The van der Waals surface area contributed by atoms with Gasteiger partial charge < -0.3 is 9.73 Å². The van der Waals surface area contributed by atoms with Crippen molar-refractivity contribution in [1.29, 1.82) is 0 Å². The number of H-pyrrole nitrogens is 1. The Kier molecular flexibility index (Phi) is 3.84. The summed E-state index contributed by atoms with van der Waals surface area (Å²) < 4.78 is 5.54. The number of nitrogens with one attached hydrogen (secondary N) is 2. The first-order valence-corrected chi connectivity index (χ1v) is 10.7. The first-order valence-electron chi connectivity index (χ1n) is 10.7. The number of aromatic amines is 1. The van der Waals surface area contributed by atoms with Crippen molar-refractivity contribution in [2.24, 2.45) is 5.41 Å². The molecule has 0 radical (unpaired) electrons. The second-order valence-corrected chi connectivity index (χ2v) is 9.08. The first-order chi connectivity index (χ1) is 15.0. The van der Waals surface area contributed by atoms with Gasteiger partial charge in [-0.25, -0.2) is 10.1 Å². The molecule has 2 aliphatic carbocycles. The molecule has 156 valence electrons. The molecule has 0 aliphatic heterocycles. The lowest BCUT2D eigenvalue weighted by Gasteiger charge is -2.57. The maximum Gasteiger partial charge on any atom is 0.272 e. The van der Waals surface area contributed by atoms with Crippen molar-refractivity contribution in [1.82, 2.24) is 20.5 Å². The largest absolute Gasteiger partial charge is 0.441 e. The summed E-state index contributed by atoms with van der Waals surface area (Å²) in [5, 5.41) is 11.8. The van der Waals surface area contributed by atoms with Gasteiger partial charge in [-0.3, -0.25) is 9.59 Å².